The number of nitriles is 1. The first-order valence-corrected chi connectivity index (χ1v) is 7.15. The van der Waals surface area contributed by atoms with E-state index in [0.717, 1.165) is 16.9 Å². The van der Waals surface area contributed by atoms with Crippen molar-refractivity contribution in [1.82, 2.24) is 5.32 Å². The van der Waals surface area contributed by atoms with Gasteiger partial charge in [0.25, 0.3) is 5.91 Å². The number of benzene rings is 1. The number of hydrogen-bond acceptors (Lipinski definition) is 5. The summed E-state index contributed by atoms with van der Waals surface area (Å²) < 4.78 is 0. The standard InChI is InChI=1S/C15H11N3O3S/c16-8-13(6-12-7-14(18(20)21)22-10-12)15(19)17-9-11-4-2-1-3-5-11/h1-7,10H,9H2,(H,17,19)/b13-6+. The molecule has 2 aromatic rings. The van der Waals surface area contributed by atoms with Crippen molar-refractivity contribution >= 4 is 28.3 Å². The molecule has 0 saturated carbocycles. The van der Waals surface area contributed by atoms with Gasteiger partial charge in [0, 0.05) is 18.0 Å². The molecule has 0 aliphatic heterocycles. The summed E-state index contributed by atoms with van der Waals surface area (Å²) in [7, 11) is 0. The van der Waals surface area contributed by atoms with E-state index in [0.29, 0.717) is 12.1 Å². The van der Waals surface area contributed by atoms with Crippen molar-refractivity contribution in [2.45, 2.75) is 6.54 Å². The first kappa shape index (κ1) is 15.4. The number of hydrogen-bond donors (Lipinski definition) is 1. The van der Waals surface area contributed by atoms with E-state index in [1.807, 2.05) is 36.4 Å². The summed E-state index contributed by atoms with van der Waals surface area (Å²) in [6, 6.07) is 12.4. The lowest BCUT2D eigenvalue weighted by Crippen LogP contribution is -2.23. The van der Waals surface area contributed by atoms with Gasteiger partial charge in [-0.25, -0.2) is 0 Å². The van der Waals surface area contributed by atoms with E-state index in [1.165, 1.54) is 17.5 Å². The number of carbonyl (C=O) groups excluding carboxylic acids is 1. The predicted octanol–water partition coefficient (Wildman–Crippen LogP) is 2.88. The van der Waals surface area contributed by atoms with Crippen LogP contribution in [0.15, 0.2) is 47.4 Å². The van der Waals surface area contributed by atoms with E-state index in [9.17, 15) is 14.9 Å². The summed E-state index contributed by atoms with van der Waals surface area (Å²) in [6.07, 6.45) is 1.34. The van der Waals surface area contributed by atoms with Gasteiger partial charge < -0.3 is 5.32 Å². The van der Waals surface area contributed by atoms with E-state index in [-0.39, 0.29) is 10.6 Å². The van der Waals surface area contributed by atoms with Crippen molar-refractivity contribution in [3.8, 4) is 6.07 Å². The number of nitro groups is 1. The molecule has 1 heterocycles. The fraction of sp³-hybridized carbons (Fsp3) is 0.0667. The summed E-state index contributed by atoms with van der Waals surface area (Å²) in [5.74, 6) is -0.514. The van der Waals surface area contributed by atoms with Crippen molar-refractivity contribution in [3.05, 3.63) is 68.6 Å². The third-order valence-corrected chi connectivity index (χ3v) is 3.66. The minimum Gasteiger partial charge on any atom is -0.347 e. The zero-order valence-corrected chi connectivity index (χ0v) is 12.2. The maximum Gasteiger partial charge on any atom is 0.324 e. The molecular formula is C15H11N3O3S. The smallest absolute Gasteiger partial charge is 0.324 e. The third kappa shape index (κ3) is 4.01. The van der Waals surface area contributed by atoms with Gasteiger partial charge in [0.1, 0.15) is 11.6 Å². The first-order chi connectivity index (χ1) is 10.6. The van der Waals surface area contributed by atoms with Gasteiger partial charge in [0.15, 0.2) is 0 Å². The Morgan fingerprint density at radius 3 is 2.73 bits per heavy atom. The van der Waals surface area contributed by atoms with Crippen LogP contribution in [0.5, 0.6) is 0 Å². The molecular weight excluding hydrogens is 302 g/mol. The second-order valence-electron chi connectivity index (χ2n) is 4.31. The van der Waals surface area contributed by atoms with Crippen molar-refractivity contribution in [1.29, 1.82) is 5.26 Å². The lowest BCUT2D eigenvalue weighted by Gasteiger charge is -2.03. The second kappa shape index (κ2) is 7.15. The van der Waals surface area contributed by atoms with Crippen LogP contribution in [-0.2, 0) is 11.3 Å². The maximum atomic E-state index is 12.0. The van der Waals surface area contributed by atoms with Gasteiger partial charge in [0.05, 0.1) is 4.92 Å². The average Bonchev–Trinajstić information content (AvgIpc) is 3.00. The average molecular weight is 313 g/mol. The molecule has 0 spiro atoms. The molecule has 0 atom stereocenters. The van der Waals surface area contributed by atoms with Crippen LogP contribution in [0.4, 0.5) is 5.00 Å². The number of carbonyl (C=O) groups is 1. The molecule has 2 rings (SSSR count). The SMILES string of the molecule is N#C/C(=C\c1csc([N+](=O)[O-])c1)C(=O)NCc1ccccc1. The number of thiophene rings is 1. The Hall–Kier alpha value is -2.98. The van der Waals surface area contributed by atoms with Gasteiger partial charge >= 0.3 is 5.00 Å². The van der Waals surface area contributed by atoms with Crippen molar-refractivity contribution in [2.24, 2.45) is 0 Å². The van der Waals surface area contributed by atoms with Crippen LogP contribution < -0.4 is 5.32 Å². The Bertz CT molecular complexity index is 760. The van der Waals surface area contributed by atoms with Crippen molar-refractivity contribution < 1.29 is 9.72 Å². The molecule has 0 unspecified atom stereocenters. The number of amides is 1. The van der Waals surface area contributed by atoms with Gasteiger partial charge in [-0.2, -0.15) is 5.26 Å². The van der Waals surface area contributed by atoms with E-state index in [2.05, 4.69) is 5.32 Å². The van der Waals surface area contributed by atoms with Gasteiger partial charge in [-0.3, -0.25) is 14.9 Å². The van der Waals surface area contributed by atoms with Gasteiger partial charge in [-0.05, 0) is 17.2 Å². The highest BCUT2D eigenvalue weighted by Crippen LogP contribution is 2.24. The fourth-order valence-corrected chi connectivity index (χ4v) is 2.38. The Balaban J connectivity index is 2.06. The molecule has 22 heavy (non-hydrogen) atoms. The molecule has 0 fully saturated rings. The van der Waals surface area contributed by atoms with Crippen LogP contribution in [-0.4, -0.2) is 10.8 Å². The Labute approximate surface area is 130 Å². The first-order valence-electron chi connectivity index (χ1n) is 6.27. The molecule has 110 valence electrons. The second-order valence-corrected chi connectivity index (χ2v) is 5.20. The molecule has 0 aliphatic carbocycles. The summed E-state index contributed by atoms with van der Waals surface area (Å²) >= 11 is 0.947. The summed E-state index contributed by atoms with van der Waals surface area (Å²) in [5, 5.41) is 23.8. The Morgan fingerprint density at radius 1 is 1.41 bits per heavy atom. The van der Waals surface area contributed by atoms with E-state index < -0.39 is 10.8 Å². The molecule has 0 radical (unpaired) electrons. The quantitative estimate of drug-likeness (QED) is 0.397. The molecule has 1 aromatic heterocycles. The zero-order valence-electron chi connectivity index (χ0n) is 11.4. The Morgan fingerprint density at radius 2 is 2.14 bits per heavy atom. The highest BCUT2D eigenvalue weighted by atomic mass is 32.1. The van der Waals surface area contributed by atoms with Gasteiger partial charge in [0.2, 0.25) is 0 Å². The number of rotatable bonds is 5. The van der Waals surface area contributed by atoms with Gasteiger partial charge in [-0.1, -0.05) is 41.7 Å². The van der Waals surface area contributed by atoms with E-state index in [4.69, 9.17) is 5.26 Å². The summed E-state index contributed by atoms with van der Waals surface area (Å²) in [5.41, 5.74) is 1.28. The van der Waals surface area contributed by atoms with Crippen molar-refractivity contribution in [2.75, 3.05) is 0 Å². The maximum absolute atomic E-state index is 12.0. The van der Waals surface area contributed by atoms with Crippen LogP contribution >= 0.6 is 11.3 Å². The monoisotopic (exact) mass is 313 g/mol. The molecule has 0 bridgehead atoms. The lowest BCUT2D eigenvalue weighted by molar-refractivity contribution is -0.380. The van der Waals surface area contributed by atoms with Crippen LogP contribution in [0.3, 0.4) is 0 Å². The minimum absolute atomic E-state index is 0.0340. The largest absolute Gasteiger partial charge is 0.347 e. The predicted molar refractivity (Wildman–Crippen MR) is 82.9 cm³/mol. The molecule has 1 aromatic carbocycles. The molecule has 6 nitrogen and oxygen atoms in total. The molecule has 1 amide bonds. The van der Waals surface area contributed by atoms with Crippen LogP contribution in [0.25, 0.3) is 6.08 Å². The minimum atomic E-state index is -0.514. The van der Waals surface area contributed by atoms with E-state index >= 15 is 0 Å². The molecule has 7 heteroatoms. The van der Waals surface area contributed by atoms with Crippen LogP contribution in [0.2, 0.25) is 0 Å². The third-order valence-electron chi connectivity index (χ3n) is 2.76. The molecule has 0 saturated heterocycles. The van der Waals surface area contributed by atoms with Crippen molar-refractivity contribution in [3.63, 3.8) is 0 Å². The van der Waals surface area contributed by atoms with Crippen LogP contribution in [0, 0.1) is 21.4 Å². The lowest BCUT2D eigenvalue weighted by atomic mass is 10.2. The summed E-state index contributed by atoms with van der Waals surface area (Å²) in [4.78, 5) is 22.1. The van der Waals surface area contributed by atoms with E-state index in [1.54, 1.807) is 0 Å². The fourth-order valence-electron chi connectivity index (χ4n) is 1.70. The normalized spacial score (nSPS) is 10.8. The molecule has 0 aliphatic rings. The van der Waals surface area contributed by atoms with Gasteiger partial charge in [-0.15, -0.1) is 0 Å². The highest BCUT2D eigenvalue weighted by Gasteiger charge is 2.12. The Kier molecular flexibility index (Phi) is 5.01. The molecule has 1 N–H and O–H groups in total. The summed E-state index contributed by atoms with van der Waals surface area (Å²) in [6.45, 7) is 0.308. The zero-order chi connectivity index (χ0) is 15.9. The van der Waals surface area contributed by atoms with Crippen LogP contribution in [0.1, 0.15) is 11.1 Å². The number of nitrogens with zero attached hydrogens (tertiary/aromatic N) is 2. The highest BCUT2D eigenvalue weighted by molar-refractivity contribution is 7.13. The number of nitrogens with one attached hydrogen (secondary N) is 1. The topological polar surface area (TPSA) is 96.0 Å².